The van der Waals surface area contributed by atoms with Crippen molar-refractivity contribution in [1.82, 2.24) is 10.2 Å². The fourth-order valence-electron chi connectivity index (χ4n) is 2.45. The standard InChI is InChI=1S/C19H11ClF3N3O2/c20-15-5-2-11(7-13-3-6-18(27)26-25-13)8-17(15)28-16-9-12(10-24)1-4-14(16)19(21,22)23/h1-6,8-9H,7H2,(H,26,27). The molecule has 1 aromatic heterocycles. The van der Waals surface area contributed by atoms with Crippen molar-refractivity contribution in [3.05, 3.63) is 86.3 Å². The van der Waals surface area contributed by atoms with E-state index in [9.17, 15) is 18.0 Å². The highest BCUT2D eigenvalue weighted by Crippen LogP contribution is 2.40. The Bertz CT molecular complexity index is 1100. The zero-order chi connectivity index (χ0) is 20.3. The highest BCUT2D eigenvalue weighted by atomic mass is 35.5. The van der Waals surface area contributed by atoms with Gasteiger partial charge in [0.2, 0.25) is 0 Å². The van der Waals surface area contributed by atoms with Crippen molar-refractivity contribution >= 4 is 11.6 Å². The van der Waals surface area contributed by atoms with Crippen LogP contribution in [0.5, 0.6) is 11.5 Å². The normalized spacial score (nSPS) is 11.1. The zero-order valence-corrected chi connectivity index (χ0v) is 14.8. The van der Waals surface area contributed by atoms with E-state index in [4.69, 9.17) is 21.6 Å². The van der Waals surface area contributed by atoms with Crippen molar-refractivity contribution in [3.63, 3.8) is 0 Å². The molecule has 2 aromatic carbocycles. The lowest BCUT2D eigenvalue weighted by molar-refractivity contribution is -0.138. The number of nitrogens with zero attached hydrogens (tertiary/aromatic N) is 2. The SMILES string of the molecule is N#Cc1ccc(C(F)(F)F)c(Oc2cc(Cc3ccc(=O)[nH]n3)ccc2Cl)c1. The lowest BCUT2D eigenvalue weighted by atomic mass is 10.1. The number of nitrogens with one attached hydrogen (secondary N) is 1. The highest BCUT2D eigenvalue weighted by molar-refractivity contribution is 6.32. The Labute approximate surface area is 162 Å². The summed E-state index contributed by atoms with van der Waals surface area (Å²) in [5.41, 5.74) is -0.136. The highest BCUT2D eigenvalue weighted by Gasteiger charge is 2.34. The average molecular weight is 406 g/mol. The molecule has 0 aliphatic carbocycles. The third kappa shape index (κ3) is 4.50. The molecule has 0 aliphatic heterocycles. The molecule has 0 saturated carbocycles. The van der Waals surface area contributed by atoms with Crippen molar-refractivity contribution in [1.29, 1.82) is 5.26 Å². The molecule has 142 valence electrons. The van der Waals surface area contributed by atoms with Crippen LogP contribution < -0.4 is 10.3 Å². The molecular weight excluding hydrogens is 395 g/mol. The number of rotatable bonds is 4. The van der Waals surface area contributed by atoms with Gasteiger partial charge in [-0.2, -0.15) is 23.5 Å². The molecule has 3 aromatic rings. The van der Waals surface area contributed by atoms with Crippen LogP contribution in [0.3, 0.4) is 0 Å². The minimum absolute atomic E-state index is 0.00387. The van der Waals surface area contributed by atoms with Gasteiger partial charge < -0.3 is 4.74 Å². The van der Waals surface area contributed by atoms with Crippen molar-refractivity contribution in [2.24, 2.45) is 0 Å². The summed E-state index contributed by atoms with van der Waals surface area (Å²) < 4.78 is 45.2. The second-order valence-corrected chi connectivity index (χ2v) is 6.18. The smallest absolute Gasteiger partial charge is 0.419 e. The number of alkyl halides is 3. The van der Waals surface area contributed by atoms with Gasteiger partial charge in [0.15, 0.2) is 0 Å². The largest absolute Gasteiger partial charge is 0.455 e. The number of nitriles is 1. The molecule has 0 fully saturated rings. The third-order valence-corrected chi connectivity index (χ3v) is 4.07. The maximum Gasteiger partial charge on any atom is 0.419 e. The molecule has 0 atom stereocenters. The van der Waals surface area contributed by atoms with Crippen LogP contribution >= 0.6 is 11.6 Å². The van der Waals surface area contributed by atoms with Crippen molar-refractivity contribution in [2.45, 2.75) is 12.6 Å². The van der Waals surface area contributed by atoms with E-state index >= 15 is 0 Å². The second-order valence-electron chi connectivity index (χ2n) is 5.78. The molecule has 0 radical (unpaired) electrons. The molecule has 0 aliphatic rings. The van der Waals surface area contributed by atoms with Gasteiger partial charge in [-0.15, -0.1) is 0 Å². The molecule has 5 nitrogen and oxygen atoms in total. The number of hydrogen-bond donors (Lipinski definition) is 1. The Balaban J connectivity index is 1.95. The Morgan fingerprint density at radius 1 is 1.11 bits per heavy atom. The molecule has 1 N–H and O–H groups in total. The van der Waals surface area contributed by atoms with Crippen LogP contribution in [-0.2, 0) is 12.6 Å². The first-order valence-electron chi connectivity index (χ1n) is 7.88. The van der Waals surface area contributed by atoms with E-state index in [1.165, 1.54) is 24.3 Å². The molecule has 9 heteroatoms. The zero-order valence-electron chi connectivity index (χ0n) is 14.0. The first-order chi connectivity index (χ1) is 13.3. The van der Waals surface area contributed by atoms with Gasteiger partial charge in [-0.05, 0) is 42.0 Å². The molecule has 0 saturated heterocycles. The monoisotopic (exact) mass is 405 g/mol. The predicted molar refractivity (Wildman–Crippen MR) is 95.3 cm³/mol. The van der Waals surface area contributed by atoms with Crippen molar-refractivity contribution in [3.8, 4) is 17.6 Å². The summed E-state index contributed by atoms with van der Waals surface area (Å²) in [4.78, 5) is 11.1. The van der Waals surface area contributed by atoms with Gasteiger partial charge in [-0.1, -0.05) is 17.7 Å². The number of aromatic nitrogens is 2. The topological polar surface area (TPSA) is 78.8 Å². The Hall–Kier alpha value is -3.31. The molecule has 0 amide bonds. The Morgan fingerprint density at radius 3 is 2.54 bits per heavy atom. The first-order valence-corrected chi connectivity index (χ1v) is 8.26. The third-order valence-electron chi connectivity index (χ3n) is 3.75. The second kappa shape index (κ2) is 7.74. The van der Waals surface area contributed by atoms with Gasteiger partial charge in [-0.3, -0.25) is 4.79 Å². The molecule has 0 bridgehead atoms. The number of halogens is 4. The predicted octanol–water partition coefficient (Wildman–Crippen LogP) is 4.70. The molecule has 28 heavy (non-hydrogen) atoms. The molecule has 1 heterocycles. The number of hydrogen-bond acceptors (Lipinski definition) is 4. The van der Waals surface area contributed by atoms with Gasteiger partial charge in [-0.25, -0.2) is 5.10 Å². The van der Waals surface area contributed by atoms with Gasteiger partial charge in [0.25, 0.3) is 5.56 Å². The van der Waals surface area contributed by atoms with E-state index in [2.05, 4.69) is 10.2 Å². The Kier molecular flexibility index (Phi) is 5.38. The van der Waals surface area contributed by atoms with Crippen LogP contribution in [-0.4, -0.2) is 10.2 Å². The quantitative estimate of drug-likeness (QED) is 0.682. The van der Waals surface area contributed by atoms with Crippen LogP contribution in [0, 0.1) is 11.3 Å². The maximum absolute atomic E-state index is 13.3. The average Bonchev–Trinajstić information content (AvgIpc) is 2.65. The fraction of sp³-hybridized carbons (Fsp3) is 0.105. The van der Waals surface area contributed by atoms with E-state index in [0.717, 1.165) is 18.2 Å². The summed E-state index contributed by atoms with van der Waals surface area (Å²) in [6.07, 6.45) is -4.36. The van der Waals surface area contributed by atoms with Crippen molar-refractivity contribution in [2.75, 3.05) is 0 Å². The number of aromatic amines is 1. The van der Waals surface area contributed by atoms with Crippen LogP contribution in [0.2, 0.25) is 5.02 Å². The van der Waals surface area contributed by atoms with E-state index in [1.54, 1.807) is 12.1 Å². The van der Waals surface area contributed by atoms with E-state index in [0.29, 0.717) is 17.7 Å². The fourth-order valence-corrected chi connectivity index (χ4v) is 2.60. The summed E-state index contributed by atoms with van der Waals surface area (Å²) in [5, 5.41) is 15.3. The van der Waals surface area contributed by atoms with Gasteiger partial charge in [0.05, 0.1) is 27.9 Å². The van der Waals surface area contributed by atoms with Crippen LogP contribution in [0.1, 0.15) is 22.4 Å². The lowest BCUT2D eigenvalue weighted by Crippen LogP contribution is -2.08. The lowest BCUT2D eigenvalue weighted by Gasteiger charge is -2.15. The summed E-state index contributed by atoms with van der Waals surface area (Å²) in [7, 11) is 0. The maximum atomic E-state index is 13.3. The summed E-state index contributed by atoms with van der Waals surface area (Å²) in [6, 6.07) is 12.1. The molecule has 3 rings (SSSR count). The van der Waals surface area contributed by atoms with Crippen molar-refractivity contribution < 1.29 is 17.9 Å². The van der Waals surface area contributed by atoms with Crippen LogP contribution in [0.15, 0.2) is 53.3 Å². The van der Waals surface area contributed by atoms with E-state index in [1.807, 2.05) is 0 Å². The Morgan fingerprint density at radius 2 is 1.89 bits per heavy atom. The van der Waals surface area contributed by atoms with Gasteiger partial charge >= 0.3 is 6.18 Å². The molecular formula is C19H11ClF3N3O2. The number of H-pyrrole nitrogens is 1. The summed E-state index contributed by atoms with van der Waals surface area (Å²) in [5.74, 6) is -0.517. The first kappa shape index (κ1) is 19.5. The van der Waals surface area contributed by atoms with E-state index in [-0.39, 0.29) is 21.9 Å². The number of benzene rings is 2. The van der Waals surface area contributed by atoms with Gasteiger partial charge in [0, 0.05) is 12.5 Å². The minimum Gasteiger partial charge on any atom is -0.455 e. The number of ether oxygens (including phenoxy) is 1. The minimum atomic E-state index is -4.66. The summed E-state index contributed by atoms with van der Waals surface area (Å²) >= 11 is 6.08. The van der Waals surface area contributed by atoms with Gasteiger partial charge in [0.1, 0.15) is 11.5 Å². The van der Waals surface area contributed by atoms with E-state index < -0.39 is 17.5 Å². The van der Waals surface area contributed by atoms with Crippen LogP contribution in [0.4, 0.5) is 13.2 Å². The molecule has 0 spiro atoms. The van der Waals surface area contributed by atoms with Crippen LogP contribution in [0.25, 0.3) is 0 Å². The molecule has 0 unspecified atom stereocenters. The summed E-state index contributed by atoms with van der Waals surface area (Å²) in [6.45, 7) is 0.